The minimum atomic E-state index is 0.946. The van der Waals surface area contributed by atoms with Gasteiger partial charge in [0.05, 0.1) is 4.47 Å². The second-order valence-corrected chi connectivity index (χ2v) is 5.00. The molecule has 1 heterocycles. The van der Waals surface area contributed by atoms with Crippen molar-refractivity contribution in [1.29, 1.82) is 0 Å². The van der Waals surface area contributed by atoms with Gasteiger partial charge in [-0.3, -0.25) is 0 Å². The van der Waals surface area contributed by atoms with Crippen LogP contribution in [0, 0.1) is 0 Å². The maximum absolute atomic E-state index is 4.36. The lowest BCUT2D eigenvalue weighted by Gasteiger charge is -2.19. The molecule has 0 atom stereocenters. The molecule has 5 heteroatoms. The molecule has 15 heavy (non-hydrogen) atoms. The molecule has 1 aromatic heterocycles. The SMILES string of the molecule is CCNCCN(C)c1ncc(Br)cc1Br. The molecule has 0 unspecified atom stereocenters. The van der Waals surface area contributed by atoms with Crippen molar-refractivity contribution in [2.45, 2.75) is 6.92 Å². The number of anilines is 1. The number of pyridine rings is 1. The normalized spacial score (nSPS) is 10.4. The van der Waals surface area contributed by atoms with Gasteiger partial charge in [0.15, 0.2) is 0 Å². The molecule has 1 rings (SSSR count). The van der Waals surface area contributed by atoms with Gasteiger partial charge in [-0.25, -0.2) is 4.98 Å². The summed E-state index contributed by atoms with van der Waals surface area (Å²) in [5.41, 5.74) is 0. The molecule has 3 nitrogen and oxygen atoms in total. The van der Waals surface area contributed by atoms with Crippen LogP contribution in [0.1, 0.15) is 6.92 Å². The number of hydrogen-bond acceptors (Lipinski definition) is 3. The Labute approximate surface area is 108 Å². The predicted octanol–water partition coefficient (Wildman–Crippen LogP) is 2.65. The van der Waals surface area contributed by atoms with Crippen molar-refractivity contribution < 1.29 is 0 Å². The van der Waals surface area contributed by atoms with Gasteiger partial charge in [-0.15, -0.1) is 0 Å². The zero-order chi connectivity index (χ0) is 11.3. The van der Waals surface area contributed by atoms with Gasteiger partial charge >= 0.3 is 0 Å². The molecule has 0 aliphatic rings. The highest BCUT2D eigenvalue weighted by molar-refractivity contribution is 9.11. The molecular weight excluding hydrogens is 322 g/mol. The Morgan fingerprint density at radius 3 is 2.80 bits per heavy atom. The summed E-state index contributed by atoms with van der Waals surface area (Å²) in [5, 5.41) is 3.29. The number of rotatable bonds is 5. The van der Waals surface area contributed by atoms with E-state index in [1.165, 1.54) is 0 Å². The summed E-state index contributed by atoms with van der Waals surface area (Å²) in [7, 11) is 2.04. The summed E-state index contributed by atoms with van der Waals surface area (Å²) in [6, 6.07) is 2.01. The van der Waals surface area contributed by atoms with Gasteiger partial charge in [-0.2, -0.15) is 0 Å². The lowest BCUT2D eigenvalue weighted by molar-refractivity contribution is 0.702. The zero-order valence-electron chi connectivity index (χ0n) is 8.93. The van der Waals surface area contributed by atoms with Crippen molar-refractivity contribution in [2.75, 3.05) is 31.6 Å². The van der Waals surface area contributed by atoms with Gasteiger partial charge in [0.2, 0.25) is 0 Å². The van der Waals surface area contributed by atoms with Crippen LogP contribution in [0.15, 0.2) is 21.2 Å². The van der Waals surface area contributed by atoms with Gasteiger partial charge in [-0.05, 0) is 44.5 Å². The van der Waals surface area contributed by atoms with Crippen molar-refractivity contribution in [3.63, 3.8) is 0 Å². The number of halogens is 2. The van der Waals surface area contributed by atoms with Crippen molar-refractivity contribution in [3.05, 3.63) is 21.2 Å². The Hall–Kier alpha value is -0.130. The van der Waals surface area contributed by atoms with E-state index in [4.69, 9.17) is 0 Å². The molecule has 0 radical (unpaired) electrons. The van der Waals surface area contributed by atoms with Crippen LogP contribution in [-0.4, -0.2) is 31.7 Å². The smallest absolute Gasteiger partial charge is 0.142 e. The van der Waals surface area contributed by atoms with E-state index in [-0.39, 0.29) is 0 Å². The fraction of sp³-hybridized carbons (Fsp3) is 0.500. The number of hydrogen-bond donors (Lipinski definition) is 1. The molecule has 0 saturated heterocycles. The largest absolute Gasteiger partial charge is 0.357 e. The number of likely N-dealkylation sites (N-methyl/N-ethyl adjacent to an activating group) is 2. The summed E-state index contributed by atoms with van der Waals surface area (Å²) < 4.78 is 1.99. The van der Waals surface area contributed by atoms with Crippen molar-refractivity contribution in [2.24, 2.45) is 0 Å². The first kappa shape index (κ1) is 12.9. The summed E-state index contributed by atoms with van der Waals surface area (Å²) in [6.07, 6.45) is 1.81. The maximum Gasteiger partial charge on any atom is 0.142 e. The summed E-state index contributed by atoms with van der Waals surface area (Å²) in [5.74, 6) is 0.969. The van der Waals surface area contributed by atoms with Crippen LogP contribution in [0.2, 0.25) is 0 Å². The summed E-state index contributed by atoms with van der Waals surface area (Å²) in [6.45, 7) is 5.02. The molecule has 0 aliphatic carbocycles. The third-order valence-electron chi connectivity index (χ3n) is 2.02. The fourth-order valence-electron chi connectivity index (χ4n) is 1.22. The second-order valence-electron chi connectivity index (χ2n) is 3.23. The Bertz CT molecular complexity index is 318. The van der Waals surface area contributed by atoms with Crippen molar-refractivity contribution in [3.8, 4) is 0 Å². The summed E-state index contributed by atoms with van der Waals surface area (Å²) >= 11 is 6.89. The Morgan fingerprint density at radius 2 is 2.20 bits per heavy atom. The molecule has 0 saturated carbocycles. The first-order chi connectivity index (χ1) is 7.15. The van der Waals surface area contributed by atoms with Gasteiger partial charge in [0.1, 0.15) is 5.82 Å². The molecular formula is C10H15Br2N3. The molecule has 0 aliphatic heterocycles. The van der Waals surface area contributed by atoms with E-state index < -0.39 is 0 Å². The maximum atomic E-state index is 4.36. The average Bonchev–Trinajstić information content (AvgIpc) is 2.17. The molecule has 84 valence electrons. The molecule has 0 bridgehead atoms. The molecule has 0 fully saturated rings. The third-order valence-corrected chi connectivity index (χ3v) is 3.04. The quantitative estimate of drug-likeness (QED) is 0.838. The van der Waals surface area contributed by atoms with Gasteiger partial charge in [-0.1, -0.05) is 6.92 Å². The van der Waals surface area contributed by atoms with E-state index in [2.05, 4.69) is 54.0 Å². The predicted molar refractivity (Wildman–Crippen MR) is 71.5 cm³/mol. The Morgan fingerprint density at radius 1 is 1.47 bits per heavy atom. The van der Waals surface area contributed by atoms with E-state index in [0.717, 1.165) is 34.4 Å². The van der Waals surface area contributed by atoms with Crippen LogP contribution in [0.25, 0.3) is 0 Å². The Kier molecular flexibility index (Phi) is 5.56. The van der Waals surface area contributed by atoms with Crippen LogP contribution >= 0.6 is 31.9 Å². The van der Waals surface area contributed by atoms with Crippen LogP contribution < -0.4 is 10.2 Å². The number of nitrogens with zero attached hydrogens (tertiary/aromatic N) is 2. The lowest BCUT2D eigenvalue weighted by atomic mass is 10.4. The lowest BCUT2D eigenvalue weighted by Crippen LogP contribution is -2.29. The van der Waals surface area contributed by atoms with E-state index in [9.17, 15) is 0 Å². The van der Waals surface area contributed by atoms with Crippen LogP contribution in [0.3, 0.4) is 0 Å². The molecule has 0 amide bonds. The number of aromatic nitrogens is 1. The van der Waals surface area contributed by atoms with Gasteiger partial charge in [0, 0.05) is 30.8 Å². The first-order valence-electron chi connectivity index (χ1n) is 4.88. The van der Waals surface area contributed by atoms with Crippen LogP contribution in [0.4, 0.5) is 5.82 Å². The minimum absolute atomic E-state index is 0.946. The third kappa shape index (κ3) is 4.09. The fourth-order valence-corrected chi connectivity index (χ4v) is 2.51. The molecule has 0 aromatic carbocycles. The van der Waals surface area contributed by atoms with Crippen molar-refractivity contribution in [1.82, 2.24) is 10.3 Å². The second kappa shape index (κ2) is 6.45. The summed E-state index contributed by atoms with van der Waals surface area (Å²) in [4.78, 5) is 6.49. The van der Waals surface area contributed by atoms with Gasteiger partial charge < -0.3 is 10.2 Å². The molecule has 1 N–H and O–H groups in total. The Balaban J connectivity index is 2.61. The number of nitrogens with one attached hydrogen (secondary N) is 1. The molecule has 1 aromatic rings. The average molecular weight is 337 g/mol. The topological polar surface area (TPSA) is 28.2 Å². The highest BCUT2D eigenvalue weighted by Crippen LogP contribution is 2.25. The van der Waals surface area contributed by atoms with E-state index in [1.54, 1.807) is 0 Å². The molecule has 0 spiro atoms. The van der Waals surface area contributed by atoms with E-state index in [0.29, 0.717) is 0 Å². The van der Waals surface area contributed by atoms with Crippen molar-refractivity contribution >= 4 is 37.7 Å². The van der Waals surface area contributed by atoms with Gasteiger partial charge in [0.25, 0.3) is 0 Å². The van der Waals surface area contributed by atoms with E-state index >= 15 is 0 Å². The first-order valence-corrected chi connectivity index (χ1v) is 6.46. The highest BCUT2D eigenvalue weighted by Gasteiger charge is 2.06. The standard InChI is InChI=1S/C10H15Br2N3/c1-3-13-4-5-15(2)10-9(12)6-8(11)7-14-10/h6-7,13H,3-5H2,1-2H3. The van der Waals surface area contributed by atoms with Crippen LogP contribution in [-0.2, 0) is 0 Å². The van der Waals surface area contributed by atoms with E-state index in [1.807, 2.05) is 19.3 Å². The minimum Gasteiger partial charge on any atom is -0.357 e. The monoisotopic (exact) mass is 335 g/mol. The highest BCUT2D eigenvalue weighted by atomic mass is 79.9. The van der Waals surface area contributed by atoms with Crippen LogP contribution in [0.5, 0.6) is 0 Å². The zero-order valence-corrected chi connectivity index (χ0v) is 12.1.